The van der Waals surface area contributed by atoms with E-state index in [2.05, 4.69) is 40.8 Å². The number of guanidine groups is 1. The van der Waals surface area contributed by atoms with Gasteiger partial charge < -0.3 is 15.4 Å². The Hall–Kier alpha value is -1.56. The summed E-state index contributed by atoms with van der Waals surface area (Å²) in [6.45, 7) is 9.41. The number of nitrogens with zero attached hydrogens (tertiary/aromatic N) is 3. The van der Waals surface area contributed by atoms with Crippen LogP contribution in [0.2, 0.25) is 0 Å². The molecule has 1 aliphatic carbocycles. The quantitative estimate of drug-likeness (QED) is 0.371. The van der Waals surface area contributed by atoms with Crippen LogP contribution in [0.4, 0.5) is 0 Å². The van der Waals surface area contributed by atoms with Gasteiger partial charge in [-0.2, -0.15) is 5.10 Å². The molecule has 1 saturated carbocycles. The highest BCUT2D eigenvalue weighted by Gasteiger charge is 2.20. The van der Waals surface area contributed by atoms with Gasteiger partial charge in [0.25, 0.3) is 0 Å². The second-order valence-electron chi connectivity index (χ2n) is 6.19. The van der Waals surface area contributed by atoms with Crippen molar-refractivity contribution < 1.29 is 4.74 Å². The van der Waals surface area contributed by atoms with Crippen LogP contribution in [-0.4, -0.2) is 48.6 Å². The van der Waals surface area contributed by atoms with Crippen LogP contribution in [0.25, 0.3) is 0 Å². The van der Waals surface area contributed by atoms with Gasteiger partial charge in [-0.05, 0) is 51.0 Å². The van der Waals surface area contributed by atoms with Crippen molar-refractivity contribution in [2.24, 2.45) is 10.9 Å². The fourth-order valence-corrected chi connectivity index (χ4v) is 2.27. The van der Waals surface area contributed by atoms with Gasteiger partial charge in [0.2, 0.25) is 0 Å². The summed E-state index contributed by atoms with van der Waals surface area (Å²) in [6, 6.07) is 0. The maximum Gasteiger partial charge on any atom is 0.191 e. The highest BCUT2D eigenvalue weighted by molar-refractivity contribution is 5.79. The minimum atomic E-state index is 0.798. The van der Waals surface area contributed by atoms with Gasteiger partial charge in [0, 0.05) is 45.6 Å². The zero-order chi connectivity index (χ0) is 16.3. The molecule has 1 aliphatic rings. The standard InChI is InChI=1S/C17H31N5O/c1-3-18-17(20-9-5-11-23-14-16-6-7-16)19-8-4-10-22-13-15(2)12-21-22/h12-13,16H,3-11,14H2,1-2H3,(H2,18,19,20). The lowest BCUT2D eigenvalue weighted by Crippen LogP contribution is -2.38. The topological polar surface area (TPSA) is 63.5 Å². The van der Waals surface area contributed by atoms with Crippen molar-refractivity contribution in [1.82, 2.24) is 20.4 Å². The Labute approximate surface area is 139 Å². The second-order valence-corrected chi connectivity index (χ2v) is 6.19. The molecule has 6 heteroatoms. The zero-order valence-electron chi connectivity index (χ0n) is 14.6. The number of nitrogens with one attached hydrogen (secondary N) is 2. The van der Waals surface area contributed by atoms with E-state index < -0.39 is 0 Å². The first-order chi connectivity index (χ1) is 11.3. The van der Waals surface area contributed by atoms with E-state index in [1.165, 1.54) is 18.4 Å². The van der Waals surface area contributed by atoms with E-state index in [4.69, 9.17) is 4.74 Å². The Morgan fingerprint density at radius 3 is 2.96 bits per heavy atom. The van der Waals surface area contributed by atoms with E-state index in [0.29, 0.717) is 0 Å². The Morgan fingerprint density at radius 1 is 1.39 bits per heavy atom. The van der Waals surface area contributed by atoms with Gasteiger partial charge >= 0.3 is 0 Å². The predicted molar refractivity (Wildman–Crippen MR) is 93.7 cm³/mol. The van der Waals surface area contributed by atoms with Crippen molar-refractivity contribution in [3.8, 4) is 0 Å². The third-order valence-corrected chi connectivity index (χ3v) is 3.73. The van der Waals surface area contributed by atoms with Crippen LogP contribution in [0.5, 0.6) is 0 Å². The molecule has 0 aliphatic heterocycles. The molecular weight excluding hydrogens is 290 g/mol. The summed E-state index contributed by atoms with van der Waals surface area (Å²) in [7, 11) is 0. The molecule has 0 spiro atoms. The van der Waals surface area contributed by atoms with Gasteiger partial charge in [0.05, 0.1) is 6.20 Å². The average molecular weight is 321 g/mol. The van der Waals surface area contributed by atoms with Crippen molar-refractivity contribution in [1.29, 1.82) is 0 Å². The first-order valence-corrected chi connectivity index (χ1v) is 8.87. The molecule has 6 nitrogen and oxygen atoms in total. The Kier molecular flexibility index (Phi) is 7.93. The molecule has 1 heterocycles. The summed E-state index contributed by atoms with van der Waals surface area (Å²) in [5.41, 5.74) is 1.20. The molecular formula is C17H31N5O. The maximum absolute atomic E-state index is 5.64. The molecule has 130 valence electrons. The van der Waals surface area contributed by atoms with E-state index in [1.807, 2.05) is 10.9 Å². The van der Waals surface area contributed by atoms with E-state index in [1.54, 1.807) is 0 Å². The summed E-state index contributed by atoms with van der Waals surface area (Å²) in [6.07, 6.45) is 8.67. The third kappa shape index (κ3) is 8.02. The van der Waals surface area contributed by atoms with E-state index in [0.717, 1.165) is 64.1 Å². The van der Waals surface area contributed by atoms with E-state index >= 15 is 0 Å². The number of aromatic nitrogens is 2. The smallest absolute Gasteiger partial charge is 0.191 e. The molecule has 0 radical (unpaired) electrons. The van der Waals surface area contributed by atoms with Gasteiger partial charge in [0.1, 0.15) is 0 Å². The molecule has 0 bridgehead atoms. The summed E-state index contributed by atoms with van der Waals surface area (Å²) in [5.74, 6) is 1.74. The third-order valence-electron chi connectivity index (χ3n) is 3.73. The number of hydrogen-bond acceptors (Lipinski definition) is 3. The molecule has 0 aromatic carbocycles. The molecule has 0 unspecified atom stereocenters. The minimum absolute atomic E-state index is 0.798. The largest absolute Gasteiger partial charge is 0.381 e. The monoisotopic (exact) mass is 321 g/mol. The molecule has 2 N–H and O–H groups in total. The van der Waals surface area contributed by atoms with Gasteiger partial charge in [-0.1, -0.05) is 0 Å². The zero-order valence-corrected chi connectivity index (χ0v) is 14.6. The summed E-state index contributed by atoms with van der Waals surface area (Å²) < 4.78 is 7.61. The molecule has 1 fully saturated rings. The van der Waals surface area contributed by atoms with Crippen LogP contribution in [0.3, 0.4) is 0 Å². The Balaban J connectivity index is 1.55. The molecule has 2 rings (SSSR count). The highest BCUT2D eigenvalue weighted by atomic mass is 16.5. The Morgan fingerprint density at radius 2 is 2.26 bits per heavy atom. The van der Waals surface area contributed by atoms with Crippen LogP contribution in [-0.2, 0) is 11.3 Å². The van der Waals surface area contributed by atoms with Crippen LogP contribution in [0, 0.1) is 12.8 Å². The average Bonchev–Trinajstić information content (AvgIpc) is 3.27. The van der Waals surface area contributed by atoms with Crippen LogP contribution in [0.1, 0.15) is 38.2 Å². The lowest BCUT2D eigenvalue weighted by atomic mass is 10.4. The molecule has 1 aromatic rings. The van der Waals surface area contributed by atoms with Gasteiger partial charge in [-0.15, -0.1) is 0 Å². The highest BCUT2D eigenvalue weighted by Crippen LogP contribution is 2.28. The lowest BCUT2D eigenvalue weighted by Gasteiger charge is -2.11. The van der Waals surface area contributed by atoms with E-state index in [9.17, 15) is 0 Å². The SMILES string of the molecule is CCNC(=NCCCn1cc(C)cn1)NCCCOCC1CC1. The fraction of sp³-hybridized carbons (Fsp3) is 0.765. The summed E-state index contributed by atoms with van der Waals surface area (Å²) in [4.78, 5) is 4.60. The van der Waals surface area contributed by atoms with Crippen molar-refractivity contribution in [2.45, 2.75) is 46.1 Å². The van der Waals surface area contributed by atoms with Crippen LogP contribution < -0.4 is 10.6 Å². The van der Waals surface area contributed by atoms with Crippen LogP contribution in [0.15, 0.2) is 17.4 Å². The summed E-state index contributed by atoms with van der Waals surface area (Å²) in [5, 5.41) is 10.9. The van der Waals surface area contributed by atoms with Crippen molar-refractivity contribution >= 4 is 5.96 Å². The molecule has 0 saturated heterocycles. The molecule has 0 amide bonds. The van der Waals surface area contributed by atoms with Crippen molar-refractivity contribution in [2.75, 3.05) is 32.8 Å². The molecule has 0 atom stereocenters. The van der Waals surface area contributed by atoms with Gasteiger partial charge in [-0.25, -0.2) is 0 Å². The molecule has 1 aromatic heterocycles. The predicted octanol–water partition coefficient (Wildman–Crippen LogP) is 1.95. The number of aryl methyl sites for hydroxylation is 2. The maximum atomic E-state index is 5.64. The number of ether oxygens (including phenoxy) is 1. The van der Waals surface area contributed by atoms with Crippen molar-refractivity contribution in [3.63, 3.8) is 0 Å². The minimum Gasteiger partial charge on any atom is -0.381 e. The lowest BCUT2D eigenvalue weighted by molar-refractivity contribution is 0.123. The summed E-state index contributed by atoms with van der Waals surface area (Å²) >= 11 is 0. The second kappa shape index (κ2) is 10.3. The number of aliphatic imine (C=N–C) groups is 1. The molecule has 23 heavy (non-hydrogen) atoms. The first-order valence-electron chi connectivity index (χ1n) is 8.87. The van der Waals surface area contributed by atoms with E-state index in [-0.39, 0.29) is 0 Å². The number of hydrogen-bond donors (Lipinski definition) is 2. The van der Waals surface area contributed by atoms with Crippen LogP contribution >= 0.6 is 0 Å². The van der Waals surface area contributed by atoms with Gasteiger partial charge in [0.15, 0.2) is 5.96 Å². The van der Waals surface area contributed by atoms with Crippen molar-refractivity contribution in [3.05, 3.63) is 18.0 Å². The fourth-order valence-electron chi connectivity index (χ4n) is 2.27. The number of rotatable bonds is 11. The first kappa shape index (κ1) is 17.8. The Bertz CT molecular complexity index is 467. The van der Waals surface area contributed by atoms with Gasteiger partial charge in [-0.3, -0.25) is 9.67 Å². The normalized spacial score (nSPS) is 15.0.